The van der Waals surface area contributed by atoms with Crippen LogP contribution in [-0.2, 0) is 0 Å². The maximum absolute atomic E-state index is 3.51. The summed E-state index contributed by atoms with van der Waals surface area (Å²) in [6, 6.07) is 76.4. The number of benzene rings is 6. The minimum atomic E-state index is -3.51. The fraction of sp³-hybridized carbons (Fsp3) is 0.0909. The molecule has 1 heterocycles. The Kier molecular flexibility index (Phi) is 11.5. The molecular weight excluding hydrogens is 961 g/mol. The van der Waals surface area contributed by atoms with Crippen molar-refractivity contribution in [2.45, 2.75) is 38.5 Å². The van der Waals surface area contributed by atoms with E-state index in [1.165, 1.54) is 0 Å². The molecule has 1 aliphatic heterocycles. The van der Waals surface area contributed by atoms with Crippen LogP contribution in [0, 0.1) is 0 Å². The smallest absolute Gasteiger partial charge is 0.0809 e. The summed E-state index contributed by atoms with van der Waals surface area (Å²) in [7, 11) is -21.0. The van der Waals surface area contributed by atoms with Gasteiger partial charge in [0.15, 0.2) is 0 Å². The Labute approximate surface area is 431 Å². The summed E-state index contributed by atoms with van der Waals surface area (Å²) in [5.41, 5.74) is 0. The first-order valence-corrected chi connectivity index (χ1v) is 44.3. The van der Waals surface area contributed by atoms with Gasteiger partial charge in [-0.15, -0.1) is 0 Å². The van der Waals surface area contributed by atoms with Crippen LogP contribution >= 0.6 is 0 Å². The summed E-state index contributed by atoms with van der Waals surface area (Å²) >= 11 is 0. The number of hydrogen-bond donors (Lipinski definition) is 0. The lowest BCUT2D eigenvalue weighted by molar-refractivity contribution is 1.33. The van der Waals surface area contributed by atoms with E-state index in [4.69, 9.17) is 0 Å². The van der Waals surface area contributed by atoms with Crippen molar-refractivity contribution in [3.8, 4) is 0 Å². The second kappa shape index (κ2) is 18.2. The van der Waals surface area contributed by atoms with Crippen LogP contribution in [0.15, 0.2) is 323 Å². The highest BCUT2D eigenvalue weighted by Crippen LogP contribution is 2.65. The predicted octanol–water partition coefficient (Wildman–Crippen LogP) is 11.2. The molecule has 0 saturated carbocycles. The second-order valence-corrected chi connectivity index (χ2v) is 73.0. The molecule has 13 rings (SSSR count). The molecule has 6 aromatic rings. The SMILES string of the molecule is C1=CCC([Si]2(c3ccccc3)[Si](C3=CC=CC3)(c3ccccc3)[Si](C3=CC=CC3)(c3ccccc3)[Si](C3=CC=CC3)(c3ccccc3)[Si](C3=CC=CC3)(c3ccccc3)[Si]2(C2=CC=CC2)c2ccccc2)=C1. The van der Waals surface area contributed by atoms with E-state index in [9.17, 15) is 0 Å². The third-order valence-electron chi connectivity index (χ3n) is 18.1. The fourth-order valence-corrected chi connectivity index (χ4v) is 242. The van der Waals surface area contributed by atoms with Crippen molar-refractivity contribution in [1.82, 2.24) is 0 Å². The van der Waals surface area contributed by atoms with E-state index >= 15 is 0 Å². The van der Waals surface area contributed by atoms with Gasteiger partial charge in [0.2, 0.25) is 0 Å². The van der Waals surface area contributed by atoms with Gasteiger partial charge in [-0.1, -0.05) is 354 Å². The molecule has 0 nitrogen and oxygen atoms in total. The summed E-state index contributed by atoms with van der Waals surface area (Å²) < 4.78 is 0. The van der Waals surface area contributed by atoms with E-state index in [0.29, 0.717) is 0 Å². The molecule has 0 amide bonds. The van der Waals surface area contributed by atoms with E-state index in [1.807, 2.05) is 0 Å². The van der Waals surface area contributed by atoms with Crippen LogP contribution in [0.2, 0.25) is 0 Å². The van der Waals surface area contributed by atoms with Crippen molar-refractivity contribution in [2.75, 3.05) is 0 Å². The van der Waals surface area contributed by atoms with Gasteiger partial charge in [-0.25, -0.2) is 0 Å². The average molecular weight is 1020 g/mol. The van der Waals surface area contributed by atoms with Crippen LogP contribution < -0.4 is 31.1 Å². The molecule has 72 heavy (non-hydrogen) atoms. The molecular formula is C66H60Si6. The van der Waals surface area contributed by atoms with Gasteiger partial charge in [-0.2, -0.15) is 0 Å². The van der Waals surface area contributed by atoms with Crippen LogP contribution in [0.4, 0.5) is 0 Å². The Hall–Kier alpha value is -6.50. The average Bonchev–Trinajstić information content (AvgIpc) is 4.34. The fourth-order valence-electron chi connectivity index (χ4n) is 16.8. The van der Waals surface area contributed by atoms with Crippen LogP contribution in [0.3, 0.4) is 0 Å². The third-order valence-corrected chi connectivity index (χ3v) is 136. The molecule has 0 N–H and O–H groups in total. The Bertz CT molecular complexity index is 2830. The lowest BCUT2D eigenvalue weighted by Crippen LogP contribution is -3.18. The largest absolute Gasteiger partial charge is 0.116 e. The zero-order valence-corrected chi connectivity index (χ0v) is 47.0. The topological polar surface area (TPSA) is 0 Å². The third kappa shape index (κ3) is 5.65. The Morgan fingerprint density at radius 3 is 0.431 bits per heavy atom. The van der Waals surface area contributed by atoms with Crippen LogP contribution in [-0.4, -0.2) is 42.7 Å². The van der Waals surface area contributed by atoms with Crippen molar-refractivity contribution in [3.63, 3.8) is 0 Å². The standard InChI is InChI=1S/C66H60Si6/c1-7-31-55(32-8-1)67(61-43-19-20-44-61)68(62-45-21-22-46-62,56-33-9-2-10-34-56)70(64-49-25-26-50-64,58-37-13-4-14-38-58)72(66-53-29-30-54-66,60-41-17-6-18-42-60)71(65-51-27-28-52-65,59-39-15-5-16-40-59)69(67,63-47-23-24-48-63)57-35-11-3-12-36-57/h1-43,45,47,49,51,53H,44,46,48,50,52,54H2. The van der Waals surface area contributed by atoms with Gasteiger partial charge < -0.3 is 0 Å². The summed E-state index contributed by atoms with van der Waals surface area (Å²) in [5.74, 6) is 0. The Morgan fingerprint density at radius 1 is 0.181 bits per heavy atom. The number of hydrogen-bond acceptors (Lipinski definition) is 0. The molecule has 0 bridgehead atoms. The minimum absolute atomic E-state index is 0.989. The van der Waals surface area contributed by atoms with Gasteiger partial charge >= 0.3 is 0 Å². The van der Waals surface area contributed by atoms with Crippen LogP contribution in [0.1, 0.15) is 38.5 Å². The summed E-state index contributed by atoms with van der Waals surface area (Å²) in [4.78, 5) is 0. The molecule has 7 aliphatic rings. The quantitative estimate of drug-likeness (QED) is 0.107. The van der Waals surface area contributed by atoms with Crippen molar-refractivity contribution in [2.24, 2.45) is 0 Å². The van der Waals surface area contributed by atoms with Crippen molar-refractivity contribution < 1.29 is 0 Å². The van der Waals surface area contributed by atoms with Crippen molar-refractivity contribution >= 4 is 73.8 Å². The molecule has 6 aromatic carbocycles. The Morgan fingerprint density at radius 2 is 0.319 bits per heavy atom. The Balaban J connectivity index is 1.51. The van der Waals surface area contributed by atoms with E-state index in [-0.39, 0.29) is 0 Å². The molecule has 6 heteroatoms. The summed E-state index contributed by atoms with van der Waals surface area (Å²) in [6.45, 7) is 0. The molecule has 1 fully saturated rings. The van der Waals surface area contributed by atoms with Gasteiger partial charge in [-0.3, -0.25) is 0 Å². The number of rotatable bonds is 12. The monoisotopic (exact) mass is 1020 g/mol. The van der Waals surface area contributed by atoms with E-state index < -0.39 is 42.7 Å². The van der Waals surface area contributed by atoms with Crippen LogP contribution in [0.25, 0.3) is 0 Å². The molecule has 0 radical (unpaired) electrons. The molecule has 6 aliphatic carbocycles. The van der Waals surface area contributed by atoms with Gasteiger partial charge in [0.05, 0.1) is 0 Å². The first-order valence-electron chi connectivity index (χ1n) is 26.3. The molecule has 0 atom stereocenters. The lowest BCUT2D eigenvalue weighted by Gasteiger charge is -2.81. The van der Waals surface area contributed by atoms with Gasteiger partial charge in [0.1, 0.15) is 42.7 Å². The maximum atomic E-state index is 2.77. The first-order chi connectivity index (χ1) is 35.8. The molecule has 0 unspecified atom stereocenters. The van der Waals surface area contributed by atoms with Gasteiger partial charge in [-0.05, 0) is 38.5 Å². The zero-order valence-electron chi connectivity index (χ0n) is 41.0. The highest BCUT2D eigenvalue weighted by molar-refractivity contribution is 8.25. The number of allylic oxidation sites excluding steroid dienone is 24. The molecule has 348 valence electrons. The predicted molar refractivity (Wildman–Crippen MR) is 322 cm³/mol. The second-order valence-electron chi connectivity index (χ2n) is 20.6. The zero-order chi connectivity index (χ0) is 48.1. The molecule has 0 spiro atoms. The van der Waals surface area contributed by atoms with Crippen molar-refractivity contribution in [3.05, 3.63) is 323 Å². The van der Waals surface area contributed by atoms with Crippen molar-refractivity contribution in [1.29, 1.82) is 0 Å². The van der Waals surface area contributed by atoms with Crippen LogP contribution in [0.5, 0.6) is 0 Å². The molecule has 0 aromatic heterocycles. The van der Waals surface area contributed by atoms with E-state index in [1.54, 1.807) is 62.3 Å². The van der Waals surface area contributed by atoms with E-state index in [2.05, 4.69) is 291 Å². The maximum Gasteiger partial charge on any atom is 0.116 e. The van der Waals surface area contributed by atoms with Gasteiger partial charge in [0, 0.05) is 0 Å². The highest BCUT2D eigenvalue weighted by Gasteiger charge is 2.95. The minimum Gasteiger partial charge on any atom is -0.0809 e. The van der Waals surface area contributed by atoms with Gasteiger partial charge in [0.25, 0.3) is 0 Å². The van der Waals surface area contributed by atoms with E-state index in [0.717, 1.165) is 38.5 Å². The summed E-state index contributed by atoms with van der Waals surface area (Å²) in [6.07, 6.45) is 53.1. The normalized spacial score (nSPS) is 29.8. The summed E-state index contributed by atoms with van der Waals surface area (Å²) in [5, 5.41) is 20.8. The molecule has 1 saturated heterocycles. The highest BCUT2D eigenvalue weighted by atomic mass is 30.2. The first kappa shape index (κ1) is 45.4. The lowest BCUT2D eigenvalue weighted by atomic mass is 10.4.